The van der Waals surface area contributed by atoms with Crippen LogP contribution >= 0.6 is 0 Å². The van der Waals surface area contributed by atoms with Crippen molar-refractivity contribution in [2.45, 2.75) is 13.8 Å². The Hall–Kier alpha value is -6.07. The van der Waals surface area contributed by atoms with E-state index in [0.717, 1.165) is 44.8 Å². The Morgan fingerprint density at radius 2 is 0.761 bits per heavy atom. The lowest BCUT2D eigenvalue weighted by Gasteiger charge is -2.15. The summed E-state index contributed by atoms with van der Waals surface area (Å²) < 4.78 is 0. The van der Waals surface area contributed by atoms with Crippen molar-refractivity contribution in [1.29, 1.82) is 0 Å². The number of hydrogen-bond acceptors (Lipinski definition) is 5. The van der Waals surface area contributed by atoms with Gasteiger partial charge >= 0.3 is 0 Å². The summed E-state index contributed by atoms with van der Waals surface area (Å²) in [6, 6.07) is 48.0. The molecule has 0 radical (unpaired) electrons. The van der Waals surface area contributed by atoms with E-state index in [2.05, 4.69) is 72.8 Å². The first-order valence-electron chi connectivity index (χ1n) is 15.3. The highest BCUT2D eigenvalue weighted by Gasteiger charge is 2.17. The maximum Gasteiger partial charge on any atom is 0.164 e. The predicted molar refractivity (Wildman–Crippen MR) is 187 cm³/mol. The average molecular weight is 592 g/mol. The molecule has 0 saturated heterocycles. The van der Waals surface area contributed by atoms with Crippen LogP contribution in [-0.2, 0) is 0 Å². The summed E-state index contributed by atoms with van der Waals surface area (Å²) in [7, 11) is 0. The van der Waals surface area contributed by atoms with Crippen LogP contribution in [0.4, 0.5) is 0 Å². The molecule has 0 aliphatic rings. The van der Waals surface area contributed by atoms with Crippen molar-refractivity contribution in [3.63, 3.8) is 0 Å². The molecule has 0 atom stereocenters. The van der Waals surface area contributed by atoms with E-state index in [9.17, 15) is 0 Å². The Morgan fingerprint density at radius 1 is 0.326 bits per heavy atom. The third-order valence-corrected chi connectivity index (χ3v) is 8.21. The molecule has 2 aromatic heterocycles. The van der Waals surface area contributed by atoms with Crippen molar-refractivity contribution in [3.05, 3.63) is 151 Å². The van der Waals surface area contributed by atoms with Crippen LogP contribution in [-0.4, -0.2) is 24.9 Å². The number of fused-ring (bicyclic) bond motifs is 3. The molecule has 6 aromatic carbocycles. The zero-order chi connectivity index (χ0) is 31.0. The Bertz CT molecular complexity index is 2310. The number of nitrogens with zero attached hydrogens (tertiary/aromatic N) is 5. The normalized spacial score (nSPS) is 11.3. The van der Waals surface area contributed by atoms with Crippen LogP contribution in [0.3, 0.4) is 0 Å². The number of aromatic nitrogens is 5. The molecule has 218 valence electrons. The Kier molecular flexibility index (Phi) is 6.84. The summed E-state index contributed by atoms with van der Waals surface area (Å²) >= 11 is 0. The highest BCUT2D eigenvalue weighted by atomic mass is 15.0. The van der Waals surface area contributed by atoms with E-state index in [1.807, 2.05) is 80.6 Å². The molecular formula is C41H29N5. The second kappa shape index (κ2) is 11.5. The lowest BCUT2D eigenvalue weighted by Crippen LogP contribution is -2.01. The number of aryl methyl sites for hydroxylation is 2. The molecule has 2 heterocycles. The fourth-order valence-corrected chi connectivity index (χ4v) is 6.13. The minimum absolute atomic E-state index is 0.588. The topological polar surface area (TPSA) is 64.5 Å². The fraction of sp³-hybridized carbons (Fsp3) is 0.0488. The van der Waals surface area contributed by atoms with E-state index in [-0.39, 0.29) is 0 Å². The van der Waals surface area contributed by atoms with Gasteiger partial charge in [0, 0.05) is 33.6 Å². The summed E-state index contributed by atoms with van der Waals surface area (Å²) in [5.74, 6) is 2.50. The molecule has 8 rings (SSSR count). The molecule has 5 nitrogen and oxygen atoms in total. The van der Waals surface area contributed by atoms with Crippen LogP contribution in [0.25, 0.3) is 78.2 Å². The molecule has 46 heavy (non-hydrogen) atoms. The maximum absolute atomic E-state index is 5.05. The van der Waals surface area contributed by atoms with Crippen LogP contribution in [0.2, 0.25) is 0 Å². The molecule has 0 aliphatic heterocycles. The van der Waals surface area contributed by atoms with Gasteiger partial charge in [-0.2, -0.15) is 0 Å². The van der Waals surface area contributed by atoms with E-state index >= 15 is 0 Å². The Labute approximate surface area is 267 Å². The van der Waals surface area contributed by atoms with Crippen molar-refractivity contribution < 1.29 is 0 Å². The van der Waals surface area contributed by atoms with Crippen LogP contribution in [0.5, 0.6) is 0 Å². The fourth-order valence-electron chi connectivity index (χ4n) is 6.13. The van der Waals surface area contributed by atoms with Gasteiger partial charge in [0.05, 0.1) is 0 Å². The van der Waals surface area contributed by atoms with Crippen LogP contribution in [0.15, 0.2) is 140 Å². The van der Waals surface area contributed by atoms with Crippen LogP contribution < -0.4 is 0 Å². The zero-order valence-corrected chi connectivity index (χ0v) is 25.5. The van der Waals surface area contributed by atoms with Gasteiger partial charge in [-0.1, -0.05) is 109 Å². The number of hydrogen-bond donors (Lipinski definition) is 0. The van der Waals surface area contributed by atoms with Crippen LogP contribution in [0.1, 0.15) is 11.4 Å². The van der Waals surface area contributed by atoms with Crippen molar-refractivity contribution in [2.75, 3.05) is 0 Å². The highest BCUT2D eigenvalue weighted by Crippen LogP contribution is 2.38. The molecule has 0 spiro atoms. The van der Waals surface area contributed by atoms with E-state index in [0.29, 0.717) is 23.3 Å². The molecule has 5 heteroatoms. The lowest BCUT2D eigenvalue weighted by atomic mass is 9.91. The van der Waals surface area contributed by atoms with Gasteiger partial charge in [0.2, 0.25) is 0 Å². The minimum Gasteiger partial charge on any atom is -0.233 e. The average Bonchev–Trinajstić information content (AvgIpc) is 3.11. The van der Waals surface area contributed by atoms with Crippen molar-refractivity contribution in [1.82, 2.24) is 24.9 Å². The molecular weight excluding hydrogens is 562 g/mol. The largest absolute Gasteiger partial charge is 0.233 e. The Morgan fingerprint density at radius 3 is 1.35 bits per heavy atom. The summed E-state index contributed by atoms with van der Waals surface area (Å²) in [6.45, 7) is 4.01. The van der Waals surface area contributed by atoms with E-state index in [4.69, 9.17) is 24.9 Å². The van der Waals surface area contributed by atoms with Gasteiger partial charge in [0.15, 0.2) is 23.3 Å². The minimum atomic E-state index is 0.588. The molecule has 0 unspecified atom stereocenters. The van der Waals surface area contributed by atoms with Crippen molar-refractivity contribution >= 4 is 21.5 Å². The summed E-state index contributed by atoms with van der Waals surface area (Å²) in [5, 5.41) is 4.80. The van der Waals surface area contributed by atoms with Gasteiger partial charge in [-0.05, 0) is 76.9 Å². The molecule has 0 N–H and O–H groups in total. The first-order valence-corrected chi connectivity index (χ1v) is 15.3. The van der Waals surface area contributed by atoms with Crippen LogP contribution in [0, 0.1) is 13.8 Å². The first-order chi connectivity index (χ1) is 22.6. The Balaban J connectivity index is 1.42. The number of rotatable bonds is 5. The maximum atomic E-state index is 5.05. The van der Waals surface area contributed by atoms with E-state index < -0.39 is 0 Å². The van der Waals surface area contributed by atoms with Gasteiger partial charge in [-0.15, -0.1) is 0 Å². The van der Waals surface area contributed by atoms with E-state index in [1.165, 1.54) is 21.5 Å². The standard InChI is InChI=1S/C41H29N5/c1-26-21-27(2)43-40(42-26)32-22-31(37-25-30-17-9-10-18-34(30)35-19-11-12-20-36(35)37)23-33(24-32)41-45-38(28-13-5-3-6-14-28)44-39(46-41)29-15-7-4-8-16-29/h3-25H,1-2H3. The van der Waals surface area contributed by atoms with E-state index in [1.54, 1.807) is 0 Å². The predicted octanol–water partition coefficient (Wildman–Crippen LogP) is 9.92. The third-order valence-electron chi connectivity index (χ3n) is 8.21. The number of benzene rings is 6. The second-order valence-corrected chi connectivity index (χ2v) is 11.5. The smallest absolute Gasteiger partial charge is 0.164 e. The zero-order valence-electron chi connectivity index (χ0n) is 25.5. The van der Waals surface area contributed by atoms with Gasteiger partial charge in [0.1, 0.15) is 0 Å². The third kappa shape index (κ3) is 5.18. The first kappa shape index (κ1) is 27.5. The van der Waals surface area contributed by atoms with Gasteiger partial charge in [-0.3, -0.25) is 0 Å². The van der Waals surface area contributed by atoms with Gasteiger partial charge in [-0.25, -0.2) is 24.9 Å². The second-order valence-electron chi connectivity index (χ2n) is 11.5. The van der Waals surface area contributed by atoms with Gasteiger partial charge < -0.3 is 0 Å². The summed E-state index contributed by atoms with van der Waals surface area (Å²) in [5.41, 5.74) is 7.63. The molecule has 8 aromatic rings. The molecule has 0 fully saturated rings. The summed E-state index contributed by atoms with van der Waals surface area (Å²) in [4.78, 5) is 24.7. The van der Waals surface area contributed by atoms with Crippen molar-refractivity contribution in [3.8, 4) is 56.7 Å². The SMILES string of the molecule is Cc1cc(C)nc(-c2cc(-c3nc(-c4ccccc4)nc(-c4ccccc4)n3)cc(-c3cc4ccccc4c4ccccc34)c2)n1. The quantitative estimate of drug-likeness (QED) is 0.186. The molecule has 0 aliphatic carbocycles. The molecule has 0 saturated carbocycles. The summed E-state index contributed by atoms with van der Waals surface area (Å²) in [6.07, 6.45) is 0. The van der Waals surface area contributed by atoms with Gasteiger partial charge in [0.25, 0.3) is 0 Å². The molecule has 0 bridgehead atoms. The van der Waals surface area contributed by atoms with Crippen molar-refractivity contribution in [2.24, 2.45) is 0 Å². The lowest BCUT2D eigenvalue weighted by molar-refractivity contribution is 1.06. The molecule has 0 amide bonds. The monoisotopic (exact) mass is 591 g/mol. The highest BCUT2D eigenvalue weighted by molar-refractivity contribution is 6.14.